The van der Waals surface area contributed by atoms with Crippen LogP contribution in [0.4, 0.5) is 0 Å². The number of carboxylic acid groups (broad SMARTS) is 1. The Morgan fingerprint density at radius 1 is 1.33 bits per heavy atom. The molecule has 1 heterocycles. The molecule has 1 aliphatic carbocycles. The van der Waals surface area contributed by atoms with E-state index in [1.165, 1.54) is 12.5 Å². The van der Waals surface area contributed by atoms with E-state index < -0.39 is 5.97 Å². The van der Waals surface area contributed by atoms with Crippen molar-refractivity contribution in [3.63, 3.8) is 0 Å². The average molecular weight is 292 g/mol. The second-order valence-corrected chi connectivity index (χ2v) is 5.30. The van der Waals surface area contributed by atoms with Gasteiger partial charge in [0.2, 0.25) is 0 Å². The Balaban J connectivity index is 1.90. The molecule has 21 heavy (non-hydrogen) atoms. The first-order valence-corrected chi connectivity index (χ1v) is 7.19. The van der Waals surface area contributed by atoms with Crippen LogP contribution >= 0.6 is 0 Å². The van der Waals surface area contributed by atoms with E-state index in [0.717, 1.165) is 25.7 Å². The largest absolute Gasteiger partial charge is 0.481 e. The van der Waals surface area contributed by atoms with E-state index in [9.17, 15) is 9.59 Å². The first-order chi connectivity index (χ1) is 10.1. The van der Waals surface area contributed by atoms with E-state index >= 15 is 0 Å². The van der Waals surface area contributed by atoms with Crippen molar-refractivity contribution in [2.75, 3.05) is 6.61 Å². The van der Waals surface area contributed by atoms with Crippen LogP contribution in [0.15, 0.2) is 12.1 Å². The molecule has 1 amide bonds. The van der Waals surface area contributed by atoms with Gasteiger partial charge in [-0.05, 0) is 31.9 Å². The maximum atomic E-state index is 11.8. The fraction of sp³-hybridized carbons (Fsp3) is 0.533. The quantitative estimate of drug-likeness (QED) is 0.865. The molecule has 1 aromatic heterocycles. The lowest BCUT2D eigenvalue weighted by molar-refractivity contribution is -0.124. The van der Waals surface area contributed by atoms with E-state index in [4.69, 9.17) is 9.84 Å². The highest BCUT2D eigenvalue weighted by Crippen LogP contribution is 2.18. The molecular formula is C15H20N2O4. The summed E-state index contributed by atoms with van der Waals surface area (Å²) in [5.41, 5.74) is 0.423. The average Bonchev–Trinajstić information content (AvgIpc) is 2.47. The fourth-order valence-corrected chi connectivity index (χ4v) is 2.47. The molecule has 2 rings (SSSR count). The van der Waals surface area contributed by atoms with E-state index in [1.54, 1.807) is 13.0 Å². The fourth-order valence-electron chi connectivity index (χ4n) is 2.47. The maximum Gasteiger partial charge on any atom is 0.358 e. The van der Waals surface area contributed by atoms with Crippen molar-refractivity contribution in [1.82, 2.24) is 10.3 Å². The van der Waals surface area contributed by atoms with E-state index in [2.05, 4.69) is 10.3 Å². The van der Waals surface area contributed by atoms with Crippen molar-refractivity contribution >= 4 is 11.9 Å². The SMILES string of the molecule is Cc1ccc(OCC(=O)NC2CCCCC2)c(C(=O)O)n1. The topological polar surface area (TPSA) is 88.5 Å². The molecule has 0 aliphatic heterocycles. The number of carbonyl (C=O) groups is 2. The van der Waals surface area contributed by atoms with Crippen molar-refractivity contribution in [3.8, 4) is 5.75 Å². The predicted octanol–water partition coefficient (Wildman–Crippen LogP) is 1.92. The highest BCUT2D eigenvalue weighted by Gasteiger charge is 2.18. The standard InChI is InChI=1S/C15H20N2O4/c1-10-7-8-12(14(16-10)15(19)20)21-9-13(18)17-11-5-3-2-4-6-11/h7-8,11H,2-6,9H2,1H3,(H,17,18)(H,19,20). The molecule has 0 aromatic carbocycles. The van der Waals surface area contributed by atoms with Crippen LogP contribution in [0.5, 0.6) is 5.75 Å². The summed E-state index contributed by atoms with van der Waals surface area (Å²) in [7, 11) is 0. The summed E-state index contributed by atoms with van der Waals surface area (Å²) in [5, 5.41) is 12.0. The second-order valence-electron chi connectivity index (χ2n) is 5.30. The molecule has 1 aromatic rings. The molecule has 0 atom stereocenters. The van der Waals surface area contributed by atoms with Gasteiger partial charge in [-0.25, -0.2) is 9.78 Å². The van der Waals surface area contributed by atoms with Crippen LogP contribution in [-0.2, 0) is 4.79 Å². The van der Waals surface area contributed by atoms with Crippen molar-refractivity contribution in [2.24, 2.45) is 0 Å². The lowest BCUT2D eigenvalue weighted by Gasteiger charge is -2.22. The monoisotopic (exact) mass is 292 g/mol. The Hall–Kier alpha value is -2.11. The van der Waals surface area contributed by atoms with Gasteiger partial charge >= 0.3 is 5.97 Å². The first-order valence-electron chi connectivity index (χ1n) is 7.19. The van der Waals surface area contributed by atoms with Gasteiger partial charge in [0.05, 0.1) is 0 Å². The van der Waals surface area contributed by atoms with Crippen LogP contribution in [-0.4, -0.2) is 34.6 Å². The summed E-state index contributed by atoms with van der Waals surface area (Å²) in [6.07, 6.45) is 5.49. The summed E-state index contributed by atoms with van der Waals surface area (Å²) in [6, 6.07) is 3.39. The van der Waals surface area contributed by atoms with E-state index in [1.807, 2.05) is 0 Å². The minimum Gasteiger partial charge on any atom is -0.481 e. The van der Waals surface area contributed by atoms with Crippen LogP contribution in [0.25, 0.3) is 0 Å². The smallest absolute Gasteiger partial charge is 0.358 e. The molecule has 114 valence electrons. The molecule has 6 nitrogen and oxygen atoms in total. The Labute approximate surface area is 123 Å². The van der Waals surface area contributed by atoms with Crippen LogP contribution < -0.4 is 10.1 Å². The number of amides is 1. The lowest BCUT2D eigenvalue weighted by atomic mass is 9.95. The van der Waals surface area contributed by atoms with Crippen LogP contribution in [0.2, 0.25) is 0 Å². The molecule has 0 unspecified atom stereocenters. The Morgan fingerprint density at radius 2 is 2.05 bits per heavy atom. The van der Waals surface area contributed by atoms with Gasteiger partial charge in [0.25, 0.3) is 5.91 Å². The number of ether oxygens (including phenoxy) is 1. The minimum absolute atomic E-state index is 0.117. The van der Waals surface area contributed by atoms with Gasteiger partial charge in [-0.2, -0.15) is 0 Å². The maximum absolute atomic E-state index is 11.8. The van der Waals surface area contributed by atoms with Gasteiger partial charge in [-0.15, -0.1) is 0 Å². The number of carboxylic acids is 1. The highest BCUT2D eigenvalue weighted by atomic mass is 16.5. The third-order valence-electron chi connectivity index (χ3n) is 3.53. The van der Waals surface area contributed by atoms with Crippen LogP contribution in [0.1, 0.15) is 48.3 Å². The zero-order chi connectivity index (χ0) is 15.2. The van der Waals surface area contributed by atoms with E-state index in [-0.39, 0.29) is 30.0 Å². The molecule has 1 aliphatic rings. The summed E-state index contributed by atoms with van der Waals surface area (Å²) >= 11 is 0. The number of pyridine rings is 1. The van der Waals surface area contributed by atoms with Gasteiger partial charge < -0.3 is 15.2 Å². The summed E-state index contributed by atoms with van der Waals surface area (Å²) in [6.45, 7) is 1.51. The number of aryl methyl sites for hydroxylation is 1. The molecule has 1 saturated carbocycles. The normalized spacial score (nSPS) is 15.5. The lowest BCUT2D eigenvalue weighted by Crippen LogP contribution is -2.39. The number of aromatic nitrogens is 1. The zero-order valence-corrected chi connectivity index (χ0v) is 12.1. The molecule has 0 saturated heterocycles. The predicted molar refractivity (Wildman–Crippen MR) is 76.4 cm³/mol. The second kappa shape index (κ2) is 7.06. The number of hydrogen-bond acceptors (Lipinski definition) is 4. The molecule has 6 heteroatoms. The number of nitrogens with one attached hydrogen (secondary N) is 1. The van der Waals surface area contributed by atoms with Gasteiger partial charge in [0, 0.05) is 11.7 Å². The van der Waals surface area contributed by atoms with Gasteiger partial charge in [0.15, 0.2) is 18.1 Å². The number of aromatic carboxylic acids is 1. The Bertz CT molecular complexity index is 524. The first kappa shape index (κ1) is 15.3. The van der Waals surface area contributed by atoms with Gasteiger partial charge in [-0.3, -0.25) is 4.79 Å². The number of rotatable bonds is 5. The number of hydrogen-bond donors (Lipinski definition) is 2. The summed E-state index contributed by atoms with van der Waals surface area (Å²) in [4.78, 5) is 26.8. The Morgan fingerprint density at radius 3 is 2.71 bits per heavy atom. The summed E-state index contributed by atoms with van der Waals surface area (Å²) < 4.78 is 5.30. The molecule has 0 spiro atoms. The molecule has 1 fully saturated rings. The molecule has 0 bridgehead atoms. The van der Waals surface area contributed by atoms with Crippen LogP contribution in [0.3, 0.4) is 0 Å². The third kappa shape index (κ3) is 4.44. The van der Waals surface area contributed by atoms with Crippen molar-refractivity contribution < 1.29 is 19.4 Å². The summed E-state index contributed by atoms with van der Waals surface area (Å²) in [5.74, 6) is -1.27. The number of carbonyl (C=O) groups excluding carboxylic acids is 1. The third-order valence-corrected chi connectivity index (χ3v) is 3.53. The van der Waals surface area contributed by atoms with Crippen LogP contribution in [0, 0.1) is 6.92 Å². The Kier molecular flexibility index (Phi) is 5.14. The number of nitrogens with zero attached hydrogens (tertiary/aromatic N) is 1. The zero-order valence-electron chi connectivity index (χ0n) is 12.1. The van der Waals surface area contributed by atoms with Gasteiger partial charge in [-0.1, -0.05) is 19.3 Å². The molecular weight excluding hydrogens is 272 g/mol. The molecule has 2 N–H and O–H groups in total. The van der Waals surface area contributed by atoms with Gasteiger partial charge in [0.1, 0.15) is 0 Å². The van der Waals surface area contributed by atoms with Crippen molar-refractivity contribution in [2.45, 2.75) is 45.1 Å². The molecule has 0 radical (unpaired) electrons. The van der Waals surface area contributed by atoms with Crippen molar-refractivity contribution in [3.05, 3.63) is 23.5 Å². The van der Waals surface area contributed by atoms with E-state index in [0.29, 0.717) is 5.69 Å². The highest BCUT2D eigenvalue weighted by molar-refractivity contribution is 5.88. The van der Waals surface area contributed by atoms with Crippen molar-refractivity contribution in [1.29, 1.82) is 0 Å². The minimum atomic E-state index is -1.17.